The molecular formula is C20H29N3O3S. The van der Waals surface area contributed by atoms with Gasteiger partial charge in [-0.05, 0) is 57.4 Å². The summed E-state index contributed by atoms with van der Waals surface area (Å²) in [6, 6.07) is 6.09. The first-order valence-corrected chi connectivity index (χ1v) is 11.1. The van der Waals surface area contributed by atoms with E-state index in [0.717, 1.165) is 49.6 Å². The summed E-state index contributed by atoms with van der Waals surface area (Å²) >= 11 is 1.64. The monoisotopic (exact) mass is 391 g/mol. The van der Waals surface area contributed by atoms with Crippen molar-refractivity contribution >= 4 is 23.5 Å². The van der Waals surface area contributed by atoms with E-state index in [9.17, 15) is 9.90 Å². The van der Waals surface area contributed by atoms with Gasteiger partial charge in [-0.25, -0.2) is 4.98 Å². The molecule has 2 saturated heterocycles. The molecule has 3 heterocycles. The maximum absolute atomic E-state index is 12.3. The lowest BCUT2D eigenvalue weighted by molar-refractivity contribution is -0.198. The highest BCUT2D eigenvalue weighted by Gasteiger charge is 2.54. The summed E-state index contributed by atoms with van der Waals surface area (Å²) < 4.78 is 6.15. The molecule has 1 saturated carbocycles. The highest BCUT2D eigenvalue weighted by atomic mass is 32.2. The summed E-state index contributed by atoms with van der Waals surface area (Å²) in [6.07, 6.45) is 5.38. The summed E-state index contributed by atoms with van der Waals surface area (Å²) in [5.74, 6) is 1.21. The number of nitrogens with one attached hydrogen (secondary N) is 1. The standard InChI is InChI=1S/C20H29N3O3S/c1-19(22-17(24)14-6-7-14)10-13-26-20(18(19)25)8-11-23(12-9-20)15-4-3-5-16(21-15)27-2/h3-5,14,18,25H,6-13H2,1-2H3,(H,22,24)/t18-,19+/m1/s1. The van der Waals surface area contributed by atoms with Gasteiger partial charge in [-0.3, -0.25) is 4.79 Å². The van der Waals surface area contributed by atoms with Crippen LogP contribution < -0.4 is 10.2 Å². The third-order valence-electron chi connectivity index (χ3n) is 6.32. The Labute approximate surface area is 165 Å². The molecule has 3 fully saturated rings. The number of hydrogen-bond donors (Lipinski definition) is 2. The smallest absolute Gasteiger partial charge is 0.223 e. The van der Waals surface area contributed by atoms with Gasteiger partial charge >= 0.3 is 0 Å². The summed E-state index contributed by atoms with van der Waals surface area (Å²) in [5.41, 5.74) is -1.20. The Hall–Kier alpha value is -1.31. The molecule has 3 aliphatic rings. The molecule has 1 amide bonds. The van der Waals surface area contributed by atoms with Crippen LogP contribution >= 0.6 is 11.8 Å². The molecule has 2 N–H and O–H groups in total. The highest BCUT2D eigenvalue weighted by molar-refractivity contribution is 7.98. The topological polar surface area (TPSA) is 74.7 Å². The van der Waals surface area contributed by atoms with Crippen molar-refractivity contribution in [3.63, 3.8) is 0 Å². The van der Waals surface area contributed by atoms with Crippen LogP contribution in [0.1, 0.15) is 39.0 Å². The van der Waals surface area contributed by atoms with E-state index in [1.54, 1.807) is 11.8 Å². The van der Waals surface area contributed by atoms with Crippen LogP contribution in [0.25, 0.3) is 0 Å². The quantitative estimate of drug-likeness (QED) is 0.767. The number of hydrogen-bond acceptors (Lipinski definition) is 6. The van der Waals surface area contributed by atoms with Gasteiger partial charge in [-0.2, -0.15) is 0 Å². The van der Waals surface area contributed by atoms with Crippen molar-refractivity contribution in [3.05, 3.63) is 18.2 Å². The molecule has 2 atom stereocenters. The van der Waals surface area contributed by atoms with Gasteiger partial charge in [0, 0.05) is 25.6 Å². The number of rotatable bonds is 4. The fraction of sp³-hybridized carbons (Fsp3) is 0.700. The van der Waals surface area contributed by atoms with E-state index in [1.807, 2.05) is 31.4 Å². The van der Waals surface area contributed by atoms with Crippen molar-refractivity contribution in [2.24, 2.45) is 5.92 Å². The number of aliphatic hydroxyl groups excluding tert-OH is 1. The lowest BCUT2D eigenvalue weighted by atomic mass is 9.73. The zero-order valence-electron chi connectivity index (χ0n) is 16.1. The van der Waals surface area contributed by atoms with Crippen LogP contribution in [-0.4, -0.2) is 59.2 Å². The third-order valence-corrected chi connectivity index (χ3v) is 6.97. The molecule has 0 radical (unpaired) electrons. The predicted octanol–water partition coefficient (Wildman–Crippen LogP) is 2.21. The second-order valence-electron chi connectivity index (χ2n) is 8.27. The van der Waals surface area contributed by atoms with Crippen LogP contribution in [0.3, 0.4) is 0 Å². The molecule has 0 aromatic carbocycles. The number of ether oxygens (including phenoxy) is 1. The molecule has 7 heteroatoms. The summed E-state index contributed by atoms with van der Waals surface area (Å²) in [4.78, 5) is 19.3. The maximum Gasteiger partial charge on any atom is 0.223 e. The average Bonchev–Trinajstić information content (AvgIpc) is 3.52. The van der Waals surface area contributed by atoms with Crippen LogP contribution in [0, 0.1) is 5.92 Å². The SMILES string of the molecule is CSc1cccc(N2CCC3(CC2)OCC[C@](C)(NC(=O)C2CC2)[C@H]3O)n1. The Kier molecular flexibility index (Phi) is 5.12. The largest absolute Gasteiger partial charge is 0.388 e. The van der Waals surface area contributed by atoms with Crippen LogP contribution in [-0.2, 0) is 9.53 Å². The van der Waals surface area contributed by atoms with Crippen LogP contribution in [0.4, 0.5) is 5.82 Å². The van der Waals surface area contributed by atoms with Gasteiger partial charge in [0.2, 0.25) is 5.91 Å². The molecule has 6 nitrogen and oxygen atoms in total. The number of carbonyl (C=O) groups excluding carboxylic acids is 1. The van der Waals surface area contributed by atoms with Crippen LogP contribution in [0.15, 0.2) is 23.2 Å². The maximum atomic E-state index is 12.3. The molecular weight excluding hydrogens is 362 g/mol. The summed E-state index contributed by atoms with van der Waals surface area (Å²) in [5, 5.41) is 15.4. The Balaban J connectivity index is 1.45. The first kappa shape index (κ1) is 19.0. The minimum absolute atomic E-state index is 0.0871. The minimum Gasteiger partial charge on any atom is -0.388 e. The Morgan fingerprint density at radius 2 is 2.07 bits per heavy atom. The van der Waals surface area contributed by atoms with Crippen LogP contribution in [0.2, 0.25) is 0 Å². The number of piperidine rings is 1. The number of amides is 1. The lowest BCUT2D eigenvalue weighted by Gasteiger charge is -2.53. The summed E-state index contributed by atoms with van der Waals surface area (Å²) in [6.45, 7) is 4.11. The number of pyridine rings is 1. The number of thioether (sulfide) groups is 1. The third kappa shape index (κ3) is 3.69. The van der Waals surface area contributed by atoms with Gasteiger partial charge in [-0.15, -0.1) is 11.8 Å². The second-order valence-corrected chi connectivity index (χ2v) is 9.10. The van der Waals surface area contributed by atoms with E-state index < -0.39 is 17.2 Å². The van der Waals surface area contributed by atoms with Gasteiger partial charge in [0.05, 0.1) is 16.2 Å². The molecule has 1 aromatic heterocycles. The van der Waals surface area contributed by atoms with Gasteiger partial charge in [0.1, 0.15) is 11.9 Å². The van der Waals surface area contributed by atoms with Gasteiger partial charge in [-0.1, -0.05) is 6.07 Å². The van der Waals surface area contributed by atoms with Crippen molar-refractivity contribution in [3.8, 4) is 0 Å². The number of aromatic nitrogens is 1. The number of anilines is 1. The van der Waals surface area contributed by atoms with Crippen molar-refractivity contribution in [2.45, 2.75) is 61.3 Å². The zero-order chi connectivity index (χ0) is 19.1. The Bertz CT molecular complexity index is 703. The van der Waals surface area contributed by atoms with Gasteiger partial charge in [0.25, 0.3) is 0 Å². The van der Waals surface area contributed by atoms with Crippen molar-refractivity contribution in [1.29, 1.82) is 0 Å². The molecule has 0 bridgehead atoms. The zero-order valence-corrected chi connectivity index (χ0v) is 16.9. The fourth-order valence-corrected chi connectivity index (χ4v) is 4.75. The Morgan fingerprint density at radius 3 is 2.74 bits per heavy atom. The van der Waals surface area contributed by atoms with E-state index in [2.05, 4.69) is 10.2 Å². The first-order chi connectivity index (χ1) is 13.0. The lowest BCUT2D eigenvalue weighted by Crippen LogP contribution is -2.69. The van der Waals surface area contributed by atoms with Gasteiger partial charge < -0.3 is 20.1 Å². The fourth-order valence-electron chi connectivity index (χ4n) is 4.35. The molecule has 1 spiro atoms. The van der Waals surface area contributed by atoms with E-state index in [0.29, 0.717) is 13.0 Å². The van der Waals surface area contributed by atoms with Crippen molar-refractivity contribution in [2.75, 3.05) is 30.9 Å². The molecule has 4 rings (SSSR count). The minimum atomic E-state index is -0.700. The van der Waals surface area contributed by atoms with E-state index >= 15 is 0 Å². The van der Waals surface area contributed by atoms with Crippen LogP contribution in [0.5, 0.6) is 0 Å². The second kappa shape index (κ2) is 7.26. The number of aliphatic hydroxyl groups is 1. The van der Waals surface area contributed by atoms with Gasteiger partial charge in [0.15, 0.2) is 0 Å². The predicted molar refractivity (Wildman–Crippen MR) is 106 cm³/mol. The van der Waals surface area contributed by atoms with E-state index in [4.69, 9.17) is 9.72 Å². The average molecular weight is 392 g/mol. The number of nitrogens with zero attached hydrogens (tertiary/aromatic N) is 2. The highest BCUT2D eigenvalue weighted by Crippen LogP contribution is 2.41. The first-order valence-electron chi connectivity index (χ1n) is 9.86. The molecule has 148 valence electrons. The normalized spacial score (nSPS) is 30.3. The van der Waals surface area contributed by atoms with E-state index in [1.165, 1.54) is 0 Å². The van der Waals surface area contributed by atoms with E-state index in [-0.39, 0.29) is 11.8 Å². The molecule has 2 aliphatic heterocycles. The van der Waals surface area contributed by atoms with Crippen molar-refractivity contribution < 1.29 is 14.6 Å². The number of carbonyl (C=O) groups is 1. The molecule has 1 aromatic rings. The molecule has 27 heavy (non-hydrogen) atoms. The molecule has 1 aliphatic carbocycles. The Morgan fingerprint density at radius 1 is 1.33 bits per heavy atom. The summed E-state index contributed by atoms with van der Waals surface area (Å²) in [7, 11) is 0. The van der Waals surface area contributed by atoms with Crippen molar-refractivity contribution in [1.82, 2.24) is 10.3 Å². The molecule has 0 unspecified atom stereocenters.